The van der Waals surface area contributed by atoms with Crippen LogP contribution in [0.15, 0.2) is 48.5 Å². The number of aldehydes is 1. The van der Waals surface area contributed by atoms with E-state index in [1.165, 1.54) is 18.4 Å². The van der Waals surface area contributed by atoms with Gasteiger partial charge in [-0.2, -0.15) is 22.0 Å². The van der Waals surface area contributed by atoms with E-state index in [1.54, 1.807) is 0 Å². The number of piperidine rings is 1. The van der Waals surface area contributed by atoms with Crippen molar-refractivity contribution in [3.05, 3.63) is 70.8 Å². The first-order valence-electron chi connectivity index (χ1n) is 12.5. The Morgan fingerprint density at radius 1 is 1.00 bits per heavy atom. The second-order valence-electron chi connectivity index (χ2n) is 9.62. The van der Waals surface area contributed by atoms with Crippen LogP contribution < -0.4 is 5.32 Å². The van der Waals surface area contributed by atoms with Gasteiger partial charge in [0.25, 0.3) is 5.66 Å². The standard InChI is InChI=1S/C18H27N3O.C9H6F5OP/c1-19-13-18(22)21-12-9-17(14-21)20-10-7-16(8-11-20)15-5-3-2-4-6-15;10-8(11,12)6-1-5(4-15)2-7(3-6)9(13,14)16/h2-6,16-17,19H,7-14H2,1H3;1-4H,16H2. The van der Waals surface area contributed by atoms with Gasteiger partial charge in [-0.1, -0.05) is 39.6 Å². The molecule has 38 heavy (non-hydrogen) atoms. The lowest BCUT2D eigenvalue weighted by atomic mass is 9.89. The third-order valence-electron chi connectivity index (χ3n) is 6.96. The van der Waals surface area contributed by atoms with Crippen molar-refractivity contribution in [1.29, 1.82) is 0 Å². The molecule has 2 unspecified atom stereocenters. The summed E-state index contributed by atoms with van der Waals surface area (Å²) in [5.41, 5.74) is -4.59. The molecule has 0 saturated carbocycles. The van der Waals surface area contributed by atoms with Crippen LogP contribution >= 0.6 is 9.24 Å². The largest absolute Gasteiger partial charge is 0.416 e. The van der Waals surface area contributed by atoms with E-state index in [-0.39, 0.29) is 12.2 Å². The highest BCUT2D eigenvalue weighted by molar-refractivity contribution is 7.17. The fourth-order valence-corrected chi connectivity index (χ4v) is 5.10. The zero-order valence-electron chi connectivity index (χ0n) is 21.2. The highest BCUT2D eigenvalue weighted by Crippen LogP contribution is 2.39. The highest BCUT2D eigenvalue weighted by Gasteiger charge is 2.35. The molecule has 0 aromatic heterocycles. The molecule has 0 radical (unpaired) electrons. The minimum atomic E-state index is -4.76. The number of carbonyl (C=O) groups is 2. The van der Waals surface area contributed by atoms with E-state index in [1.807, 2.05) is 11.9 Å². The molecule has 208 valence electrons. The maximum Gasteiger partial charge on any atom is 0.416 e. The van der Waals surface area contributed by atoms with Crippen LogP contribution in [-0.4, -0.2) is 67.8 Å². The fraction of sp³-hybridized carbons (Fsp3) is 0.481. The van der Waals surface area contributed by atoms with Crippen molar-refractivity contribution in [2.24, 2.45) is 0 Å². The average molecular weight is 558 g/mol. The molecule has 2 aliphatic rings. The van der Waals surface area contributed by atoms with Gasteiger partial charge in [0, 0.05) is 30.3 Å². The Labute approximate surface area is 222 Å². The van der Waals surface area contributed by atoms with Crippen LogP contribution in [-0.2, 0) is 16.6 Å². The first-order valence-corrected chi connectivity index (χ1v) is 13.1. The molecule has 2 fully saturated rings. The third-order valence-corrected chi connectivity index (χ3v) is 7.30. The number of benzene rings is 2. The van der Waals surface area contributed by atoms with Gasteiger partial charge in [0.05, 0.1) is 12.1 Å². The zero-order valence-corrected chi connectivity index (χ0v) is 22.3. The molecule has 2 atom stereocenters. The number of hydrogen-bond donors (Lipinski definition) is 1. The van der Waals surface area contributed by atoms with Crippen LogP contribution in [0, 0.1) is 0 Å². The summed E-state index contributed by atoms with van der Waals surface area (Å²) in [6.07, 6.45) is -1.06. The lowest BCUT2D eigenvalue weighted by molar-refractivity contribution is -0.137. The lowest BCUT2D eigenvalue weighted by Gasteiger charge is -2.36. The minimum Gasteiger partial charge on any atom is -0.340 e. The summed E-state index contributed by atoms with van der Waals surface area (Å²) in [4.78, 5) is 26.9. The molecule has 1 amide bonds. The number of nitrogens with zero attached hydrogens (tertiary/aromatic N) is 2. The van der Waals surface area contributed by atoms with Crippen molar-refractivity contribution in [2.45, 2.75) is 43.1 Å². The van der Waals surface area contributed by atoms with Crippen LogP contribution in [0.5, 0.6) is 0 Å². The van der Waals surface area contributed by atoms with Crippen LogP contribution in [0.4, 0.5) is 22.0 Å². The normalized spacial score (nSPS) is 19.1. The molecule has 11 heteroatoms. The topological polar surface area (TPSA) is 52.7 Å². The molecule has 2 saturated heterocycles. The number of likely N-dealkylation sites (N-methyl/N-ethyl adjacent to an activating group) is 1. The average Bonchev–Trinajstić information content (AvgIpc) is 3.39. The van der Waals surface area contributed by atoms with Gasteiger partial charge in [-0.3, -0.25) is 14.5 Å². The van der Waals surface area contributed by atoms with Crippen LogP contribution in [0.1, 0.15) is 52.2 Å². The molecule has 2 heterocycles. The van der Waals surface area contributed by atoms with Crippen LogP contribution in [0.25, 0.3) is 0 Å². The van der Waals surface area contributed by atoms with Gasteiger partial charge < -0.3 is 10.2 Å². The molecule has 4 rings (SSSR count). The molecule has 2 aromatic rings. The van der Waals surface area contributed by atoms with Crippen LogP contribution in [0.2, 0.25) is 0 Å². The molecule has 2 aliphatic heterocycles. The Bertz CT molecular complexity index is 1040. The van der Waals surface area contributed by atoms with E-state index in [0.717, 1.165) is 47.9 Å². The molecule has 1 N–H and O–H groups in total. The van der Waals surface area contributed by atoms with Crippen molar-refractivity contribution in [2.75, 3.05) is 39.8 Å². The Morgan fingerprint density at radius 3 is 2.18 bits per heavy atom. The van der Waals surface area contributed by atoms with Gasteiger partial charge in [0.2, 0.25) is 5.91 Å². The van der Waals surface area contributed by atoms with E-state index in [2.05, 4.69) is 40.5 Å². The van der Waals surface area contributed by atoms with Gasteiger partial charge in [0.15, 0.2) is 0 Å². The smallest absolute Gasteiger partial charge is 0.340 e. The molecule has 5 nitrogen and oxygen atoms in total. The molecule has 0 spiro atoms. The molecule has 2 aromatic carbocycles. The number of hydrogen-bond acceptors (Lipinski definition) is 4. The van der Waals surface area contributed by atoms with E-state index in [0.29, 0.717) is 30.6 Å². The zero-order chi connectivity index (χ0) is 27.9. The van der Waals surface area contributed by atoms with Gasteiger partial charge in [-0.25, -0.2) is 0 Å². The number of alkyl halides is 5. The van der Waals surface area contributed by atoms with Gasteiger partial charge >= 0.3 is 6.18 Å². The number of carbonyl (C=O) groups excluding carboxylic acids is 2. The molecule has 0 aliphatic carbocycles. The second kappa shape index (κ2) is 13.1. The summed E-state index contributed by atoms with van der Waals surface area (Å²) in [5.74, 6) is 0.949. The summed E-state index contributed by atoms with van der Waals surface area (Å²) in [7, 11) is 2.95. The summed E-state index contributed by atoms with van der Waals surface area (Å²) in [5, 5.41) is 2.96. The summed E-state index contributed by atoms with van der Waals surface area (Å²) in [6, 6.07) is 13.0. The maximum atomic E-state index is 12.8. The monoisotopic (exact) mass is 557 g/mol. The summed E-state index contributed by atoms with van der Waals surface area (Å²) >= 11 is 0. The van der Waals surface area contributed by atoms with Crippen molar-refractivity contribution >= 4 is 21.4 Å². The number of nitrogens with one attached hydrogen (secondary N) is 1. The number of likely N-dealkylation sites (tertiary alicyclic amines) is 2. The van der Waals surface area contributed by atoms with Gasteiger partial charge in [0.1, 0.15) is 6.29 Å². The van der Waals surface area contributed by atoms with E-state index in [9.17, 15) is 31.5 Å². The second-order valence-corrected chi connectivity index (χ2v) is 10.3. The molecular formula is C27H33F5N3O2P. The third kappa shape index (κ3) is 8.29. The lowest BCUT2D eigenvalue weighted by Crippen LogP contribution is -2.44. The van der Waals surface area contributed by atoms with Crippen LogP contribution in [0.3, 0.4) is 0 Å². The van der Waals surface area contributed by atoms with E-state index < -0.39 is 28.5 Å². The first kappa shape index (κ1) is 30.1. The highest BCUT2D eigenvalue weighted by atomic mass is 31.0. The first-order chi connectivity index (χ1) is 17.9. The van der Waals surface area contributed by atoms with Gasteiger partial charge in [-0.15, -0.1) is 0 Å². The SMILES string of the molecule is CNCC(=O)N1CCC(N2CCC(c3ccccc3)CC2)C1.O=Cc1cc(C(F)(F)F)cc(C(F)(F)P)c1. The Balaban J connectivity index is 0.000000223. The van der Waals surface area contributed by atoms with Crippen molar-refractivity contribution in [1.82, 2.24) is 15.1 Å². The molecular weight excluding hydrogens is 524 g/mol. The number of rotatable bonds is 6. The predicted molar refractivity (Wildman–Crippen MR) is 139 cm³/mol. The van der Waals surface area contributed by atoms with Crippen molar-refractivity contribution in [3.8, 4) is 0 Å². The minimum absolute atomic E-state index is 0.0924. The quantitative estimate of drug-likeness (QED) is 0.304. The number of halogens is 5. The summed E-state index contributed by atoms with van der Waals surface area (Å²) in [6.45, 7) is 4.62. The Hall–Kier alpha value is -2.42. The fourth-order valence-electron chi connectivity index (χ4n) is 4.93. The van der Waals surface area contributed by atoms with Gasteiger partial charge in [-0.05, 0) is 69.1 Å². The van der Waals surface area contributed by atoms with E-state index in [4.69, 9.17) is 0 Å². The van der Waals surface area contributed by atoms with Crippen molar-refractivity contribution in [3.63, 3.8) is 0 Å². The summed E-state index contributed by atoms with van der Waals surface area (Å²) < 4.78 is 62.6. The Morgan fingerprint density at radius 2 is 1.63 bits per heavy atom. The number of amides is 1. The predicted octanol–water partition coefficient (Wildman–Crippen LogP) is 5.13. The Kier molecular flexibility index (Phi) is 10.4. The van der Waals surface area contributed by atoms with E-state index >= 15 is 0 Å². The molecule has 0 bridgehead atoms. The van der Waals surface area contributed by atoms with Crippen molar-refractivity contribution < 1.29 is 31.5 Å². The maximum absolute atomic E-state index is 12.8.